The van der Waals surface area contributed by atoms with E-state index in [9.17, 15) is 15.3 Å². The molecule has 0 radical (unpaired) electrons. The fourth-order valence-corrected chi connectivity index (χ4v) is 1.88. The SMILES string of the molecule is COC(c1ccc(C)cc1)C(CO)(CO)CO. The van der Waals surface area contributed by atoms with Crippen molar-refractivity contribution in [1.29, 1.82) is 0 Å². The van der Waals surface area contributed by atoms with Crippen molar-refractivity contribution in [2.24, 2.45) is 5.41 Å². The number of hydrogen-bond acceptors (Lipinski definition) is 4. The number of aliphatic hydroxyl groups is 3. The predicted octanol–water partition coefficient (Wildman–Crippen LogP) is 0.646. The molecule has 4 nitrogen and oxygen atoms in total. The molecular formula is C13H20O4. The minimum absolute atomic E-state index is 0.341. The van der Waals surface area contributed by atoms with Crippen LogP contribution in [0.15, 0.2) is 24.3 Å². The molecule has 0 saturated carbocycles. The van der Waals surface area contributed by atoms with Gasteiger partial charge in [-0.2, -0.15) is 0 Å². The van der Waals surface area contributed by atoms with E-state index in [1.54, 1.807) is 0 Å². The molecule has 0 aliphatic carbocycles. The van der Waals surface area contributed by atoms with Gasteiger partial charge in [0.1, 0.15) is 0 Å². The summed E-state index contributed by atoms with van der Waals surface area (Å²) in [5.41, 5.74) is 0.880. The molecule has 1 unspecified atom stereocenters. The Morgan fingerprint density at radius 3 is 1.88 bits per heavy atom. The van der Waals surface area contributed by atoms with Gasteiger partial charge in [0.2, 0.25) is 0 Å². The standard InChI is InChI=1S/C13H20O4/c1-10-3-5-11(6-4-10)12(17-2)13(7-14,8-15)9-16/h3-6,12,14-16H,7-9H2,1-2H3. The first-order chi connectivity index (χ1) is 8.13. The molecule has 0 aliphatic rings. The first-order valence-corrected chi connectivity index (χ1v) is 5.55. The summed E-state index contributed by atoms with van der Waals surface area (Å²) in [7, 11) is 1.50. The van der Waals surface area contributed by atoms with Crippen molar-refractivity contribution in [1.82, 2.24) is 0 Å². The van der Waals surface area contributed by atoms with Crippen LogP contribution in [0.5, 0.6) is 0 Å². The molecule has 1 atom stereocenters. The highest BCUT2D eigenvalue weighted by atomic mass is 16.5. The van der Waals surface area contributed by atoms with Gasteiger partial charge in [-0.1, -0.05) is 29.8 Å². The smallest absolute Gasteiger partial charge is 0.0943 e. The van der Waals surface area contributed by atoms with Crippen molar-refractivity contribution < 1.29 is 20.1 Å². The highest BCUT2D eigenvalue weighted by Crippen LogP contribution is 2.35. The third kappa shape index (κ3) is 2.84. The van der Waals surface area contributed by atoms with Gasteiger partial charge in [-0.15, -0.1) is 0 Å². The lowest BCUT2D eigenvalue weighted by Crippen LogP contribution is -2.41. The molecule has 1 aromatic rings. The van der Waals surface area contributed by atoms with E-state index in [-0.39, 0.29) is 19.8 Å². The monoisotopic (exact) mass is 240 g/mol. The molecule has 0 heterocycles. The molecule has 0 amide bonds. The minimum atomic E-state index is -1.07. The van der Waals surface area contributed by atoms with Gasteiger partial charge in [-0.3, -0.25) is 0 Å². The molecule has 17 heavy (non-hydrogen) atoms. The second-order valence-corrected chi connectivity index (χ2v) is 4.36. The van der Waals surface area contributed by atoms with Crippen molar-refractivity contribution >= 4 is 0 Å². The van der Waals surface area contributed by atoms with Crippen LogP contribution >= 0.6 is 0 Å². The maximum Gasteiger partial charge on any atom is 0.0943 e. The van der Waals surface area contributed by atoms with Crippen LogP contribution < -0.4 is 0 Å². The summed E-state index contributed by atoms with van der Waals surface area (Å²) >= 11 is 0. The number of rotatable bonds is 6. The predicted molar refractivity (Wildman–Crippen MR) is 64.6 cm³/mol. The largest absolute Gasteiger partial charge is 0.395 e. The molecule has 0 bridgehead atoms. The maximum atomic E-state index is 9.39. The normalized spacial score (nSPS) is 13.7. The molecule has 3 N–H and O–H groups in total. The van der Waals surface area contributed by atoms with Crippen LogP contribution in [0.4, 0.5) is 0 Å². The Kier molecular flexibility index (Phi) is 5.08. The van der Waals surface area contributed by atoms with Gasteiger partial charge < -0.3 is 20.1 Å². The molecular weight excluding hydrogens is 220 g/mol. The molecule has 0 spiro atoms. The molecule has 0 aliphatic heterocycles. The topological polar surface area (TPSA) is 69.9 Å². The molecule has 0 saturated heterocycles. The fraction of sp³-hybridized carbons (Fsp3) is 0.538. The zero-order chi connectivity index (χ0) is 12.9. The third-order valence-electron chi connectivity index (χ3n) is 3.12. The van der Waals surface area contributed by atoms with E-state index in [0.717, 1.165) is 11.1 Å². The molecule has 0 aromatic heterocycles. The van der Waals surface area contributed by atoms with Gasteiger partial charge in [0.05, 0.1) is 31.3 Å². The zero-order valence-corrected chi connectivity index (χ0v) is 10.3. The summed E-state index contributed by atoms with van der Waals surface area (Å²) in [4.78, 5) is 0. The average Bonchev–Trinajstić information content (AvgIpc) is 2.38. The average molecular weight is 240 g/mol. The van der Waals surface area contributed by atoms with Crippen LogP contribution in [0, 0.1) is 12.3 Å². The molecule has 4 heteroatoms. The van der Waals surface area contributed by atoms with Crippen LogP contribution in [0.1, 0.15) is 17.2 Å². The highest BCUT2D eigenvalue weighted by molar-refractivity contribution is 5.25. The summed E-state index contributed by atoms with van der Waals surface area (Å²) in [5, 5.41) is 28.2. The quantitative estimate of drug-likeness (QED) is 0.682. The van der Waals surface area contributed by atoms with Gasteiger partial charge in [0.25, 0.3) is 0 Å². The lowest BCUT2D eigenvalue weighted by Gasteiger charge is -2.35. The lowest BCUT2D eigenvalue weighted by atomic mass is 9.80. The summed E-state index contributed by atoms with van der Waals surface area (Å²) in [6, 6.07) is 7.61. The second kappa shape index (κ2) is 6.12. The van der Waals surface area contributed by atoms with E-state index in [4.69, 9.17) is 4.74 Å². The Morgan fingerprint density at radius 2 is 1.53 bits per heavy atom. The van der Waals surface area contributed by atoms with E-state index in [1.165, 1.54) is 7.11 Å². The minimum Gasteiger partial charge on any atom is -0.395 e. The van der Waals surface area contributed by atoms with E-state index >= 15 is 0 Å². The number of aryl methyl sites for hydroxylation is 1. The maximum absolute atomic E-state index is 9.39. The number of hydrogen-bond donors (Lipinski definition) is 3. The summed E-state index contributed by atoms with van der Waals surface area (Å²) in [5.74, 6) is 0. The molecule has 1 rings (SSSR count). The van der Waals surface area contributed by atoms with Crippen LogP contribution in [0.25, 0.3) is 0 Å². The van der Waals surface area contributed by atoms with Gasteiger partial charge in [-0.25, -0.2) is 0 Å². The van der Waals surface area contributed by atoms with Gasteiger partial charge in [-0.05, 0) is 12.5 Å². The molecule has 0 fully saturated rings. The third-order valence-corrected chi connectivity index (χ3v) is 3.12. The fourth-order valence-electron chi connectivity index (χ4n) is 1.88. The van der Waals surface area contributed by atoms with Crippen LogP contribution in [0.2, 0.25) is 0 Å². The van der Waals surface area contributed by atoms with Gasteiger partial charge in [0, 0.05) is 7.11 Å². The van der Waals surface area contributed by atoms with E-state index < -0.39 is 11.5 Å². The Balaban J connectivity index is 3.08. The molecule has 96 valence electrons. The first kappa shape index (κ1) is 14.1. The number of ether oxygens (including phenoxy) is 1. The van der Waals surface area contributed by atoms with Crippen LogP contribution in [-0.2, 0) is 4.74 Å². The zero-order valence-electron chi connectivity index (χ0n) is 10.3. The van der Waals surface area contributed by atoms with E-state index in [2.05, 4.69) is 0 Å². The summed E-state index contributed by atoms with van der Waals surface area (Å²) in [6.07, 6.45) is -0.539. The number of methoxy groups -OCH3 is 1. The Bertz CT molecular complexity index is 322. The molecule has 1 aromatic carbocycles. The summed E-state index contributed by atoms with van der Waals surface area (Å²) in [6.45, 7) is 0.952. The van der Waals surface area contributed by atoms with Crippen LogP contribution in [-0.4, -0.2) is 42.3 Å². The van der Waals surface area contributed by atoms with Crippen molar-refractivity contribution in [3.8, 4) is 0 Å². The van der Waals surface area contributed by atoms with E-state index in [1.807, 2.05) is 31.2 Å². The lowest BCUT2D eigenvalue weighted by molar-refractivity contribution is -0.102. The number of aliphatic hydroxyl groups excluding tert-OH is 3. The van der Waals surface area contributed by atoms with Crippen molar-refractivity contribution in [3.05, 3.63) is 35.4 Å². The van der Waals surface area contributed by atoms with Crippen molar-refractivity contribution in [2.45, 2.75) is 13.0 Å². The Labute approximate surface area is 101 Å². The van der Waals surface area contributed by atoms with Crippen LogP contribution in [0.3, 0.4) is 0 Å². The van der Waals surface area contributed by atoms with Gasteiger partial charge >= 0.3 is 0 Å². The van der Waals surface area contributed by atoms with E-state index in [0.29, 0.717) is 0 Å². The summed E-state index contributed by atoms with van der Waals surface area (Å²) < 4.78 is 5.33. The Morgan fingerprint density at radius 1 is 1.06 bits per heavy atom. The first-order valence-electron chi connectivity index (χ1n) is 5.55. The van der Waals surface area contributed by atoms with Crippen molar-refractivity contribution in [3.63, 3.8) is 0 Å². The second-order valence-electron chi connectivity index (χ2n) is 4.36. The van der Waals surface area contributed by atoms with Gasteiger partial charge in [0.15, 0.2) is 0 Å². The Hall–Kier alpha value is -0.940. The number of benzene rings is 1. The highest BCUT2D eigenvalue weighted by Gasteiger charge is 2.39. The van der Waals surface area contributed by atoms with Crippen molar-refractivity contribution in [2.75, 3.05) is 26.9 Å².